The summed E-state index contributed by atoms with van der Waals surface area (Å²) >= 11 is 0. The van der Waals surface area contributed by atoms with Crippen molar-refractivity contribution in [2.45, 2.75) is 29.8 Å². The topological polar surface area (TPSA) is 153 Å². The van der Waals surface area contributed by atoms with Gasteiger partial charge in [-0.05, 0) is 0 Å². The van der Waals surface area contributed by atoms with E-state index in [2.05, 4.69) is 4.74 Å². The second kappa shape index (κ2) is 4.53. The lowest BCUT2D eigenvalue weighted by atomic mass is 9.85. The fourth-order valence-electron chi connectivity index (χ4n) is 1.57. The third-order valence-corrected chi connectivity index (χ3v) is 2.70. The Balaban J connectivity index is 3.16. The predicted molar refractivity (Wildman–Crippen MR) is 49.0 cm³/mol. The first-order valence-corrected chi connectivity index (χ1v) is 4.70. The zero-order valence-electron chi connectivity index (χ0n) is 8.65. The second-order valence-corrected chi connectivity index (χ2v) is 3.80. The minimum absolute atomic E-state index is 0.879. The highest BCUT2D eigenvalue weighted by atomic mass is 19.1. The van der Waals surface area contributed by atoms with Gasteiger partial charge in [0.15, 0.2) is 6.67 Å². The molecule has 1 saturated heterocycles. The van der Waals surface area contributed by atoms with E-state index in [9.17, 15) is 29.6 Å². The molecule has 1 aliphatic rings. The number of nitrogens with two attached hydrogens (primary N) is 1. The third kappa shape index (κ3) is 1.95. The molecule has 0 aromatic rings. The molecule has 0 aromatic heterocycles. The molecule has 100 valence electrons. The summed E-state index contributed by atoms with van der Waals surface area (Å²) in [5.41, 5.74) is 1.99. The first kappa shape index (κ1) is 14.4. The Hall–Kier alpha value is -0.680. The van der Waals surface area contributed by atoms with Crippen LogP contribution >= 0.6 is 0 Å². The molecule has 7 N–H and O–H groups in total. The maximum atomic E-state index is 12.3. The number of ketones is 1. The molecule has 0 spiro atoms. The Morgan fingerprint density at radius 3 is 2.35 bits per heavy atom. The first-order valence-electron chi connectivity index (χ1n) is 4.70. The molecule has 0 unspecified atom stereocenters. The van der Waals surface area contributed by atoms with E-state index in [1.807, 2.05) is 0 Å². The molecule has 0 aromatic carbocycles. The van der Waals surface area contributed by atoms with E-state index >= 15 is 0 Å². The van der Waals surface area contributed by atoms with Gasteiger partial charge in [-0.2, -0.15) is 0 Å². The largest absolute Gasteiger partial charge is 0.394 e. The number of aliphatic hydroxyl groups is 5. The fraction of sp³-hybridized carbons (Fsp3) is 0.875. The predicted octanol–water partition coefficient (Wildman–Crippen LogP) is -4.03. The highest BCUT2D eigenvalue weighted by Crippen LogP contribution is 2.34. The van der Waals surface area contributed by atoms with Crippen LogP contribution in [0.2, 0.25) is 0 Å². The van der Waals surface area contributed by atoms with Gasteiger partial charge in [0.25, 0.3) is 5.79 Å². The maximum Gasteiger partial charge on any atom is 0.276 e. The number of hydrogen-bond acceptors (Lipinski definition) is 8. The van der Waals surface area contributed by atoms with Gasteiger partial charge in [-0.25, -0.2) is 4.39 Å². The van der Waals surface area contributed by atoms with Crippen LogP contribution in [0.1, 0.15) is 0 Å². The van der Waals surface area contributed by atoms with Crippen LogP contribution in [0, 0.1) is 0 Å². The number of carbonyl (C=O) groups excluding carboxylic acids is 1. The number of rotatable bonds is 3. The number of aliphatic hydroxyl groups excluding tert-OH is 3. The van der Waals surface area contributed by atoms with Crippen molar-refractivity contribution in [1.82, 2.24) is 0 Å². The van der Waals surface area contributed by atoms with Crippen molar-refractivity contribution in [3.05, 3.63) is 0 Å². The van der Waals surface area contributed by atoms with Crippen molar-refractivity contribution in [3.63, 3.8) is 0 Å². The molecule has 0 radical (unpaired) electrons. The first-order chi connectivity index (χ1) is 7.72. The molecule has 17 heavy (non-hydrogen) atoms. The summed E-state index contributed by atoms with van der Waals surface area (Å²) in [7, 11) is 0. The lowest BCUT2D eigenvalue weighted by molar-refractivity contribution is -0.368. The summed E-state index contributed by atoms with van der Waals surface area (Å²) in [5, 5.41) is 46.9. The van der Waals surface area contributed by atoms with Crippen LogP contribution in [0.4, 0.5) is 4.39 Å². The molecule has 9 heteroatoms. The molecule has 5 atom stereocenters. The molecule has 1 heterocycles. The molecule has 0 amide bonds. The van der Waals surface area contributed by atoms with E-state index in [0.29, 0.717) is 0 Å². The summed E-state index contributed by atoms with van der Waals surface area (Å²) in [5.74, 6) is -4.87. The van der Waals surface area contributed by atoms with Gasteiger partial charge in [-0.3, -0.25) is 10.5 Å². The Morgan fingerprint density at radius 1 is 1.41 bits per heavy atom. The summed E-state index contributed by atoms with van der Waals surface area (Å²) in [6.45, 7) is -2.59. The number of Topliss-reactive ketones (excluding diaryl/α,β-unsaturated/α-hetero) is 1. The fourth-order valence-corrected chi connectivity index (χ4v) is 1.57. The number of carbonyl (C=O) groups is 1. The van der Waals surface area contributed by atoms with Crippen LogP contribution in [-0.2, 0) is 9.53 Å². The monoisotopic (exact) mass is 255 g/mol. The van der Waals surface area contributed by atoms with Gasteiger partial charge >= 0.3 is 0 Å². The molecule has 1 aliphatic heterocycles. The molecule has 0 saturated carbocycles. The average Bonchev–Trinajstić information content (AvgIpc) is 2.30. The summed E-state index contributed by atoms with van der Waals surface area (Å²) < 4.78 is 16.8. The lowest BCUT2D eigenvalue weighted by Gasteiger charge is -2.49. The van der Waals surface area contributed by atoms with Crippen LogP contribution in [0.15, 0.2) is 0 Å². The second-order valence-electron chi connectivity index (χ2n) is 3.80. The molecule has 1 fully saturated rings. The van der Waals surface area contributed by atoms with Crippen molar-refractivity contribution in [3.8, 4) is 0 Å². The average molecular weight is 255 g/mol. The molecule has 0 bridgehead atoms. The Kier molecular flexibility index (Phi) is 3.84. The minimum atomic E-state index is -3.24. The van der Waals surface area contributed by atoms with E-state index in [1.165, 1.54) is 0 Å². The van der Waals surface area contributed by atoms with E-state index in [4.69, 9.17) is 10.8 Å². The van der Waals surface area contributed by atoms with Gasteiger partial charge in [0, 0.05) is 0 Å². The summed E-state index contributed by atoms with van der Waals surface area (Å²) in [4.78, 5) is 11.2. The normalized spacial score (nSPS) is 46.9. The van der Waals surface area contributed by atoms with Crippen molar-refractivity contribution in [2.75, 3.05) is 13.3 Å². The van der Waals surface area contributed by atoms with E-state index in [-0.39, 0.29) is 0 Å². The molecule has 1 rings (SSSR count). The van der Waals surface area contributed by atoms with Crippen LogP contribution in [0.3, 0.4) is 0 Å². The summed E-state index contributed by atoms with van der Waals surface area (Å²) in [6.07, 6.45) is -5.63. The zero-order valence-corrected chi connectivity index (χ0v) is 8.65. The van der Waals surface area contributed by atoms with Crippen molar-refractivity contribution >= 4 is 5.78 Å². The molecular weight excluding hydrogens is 241 g/mol. The maximum absolute atomic E-state index is 12.3. The lowest BCUT2D eigenvalue weighted by Crippen LogP contribution is -2.79. The van der Waals surface area contributed by atoms with E-state index in [0.717, 1.165) is 0 Å². The van der Waals surface area contributed by atoms with Crippen LogP contribution < -0.4 is 5.73 Å². The molecular formula is C8H14FNO7. The van der Waals surface area contributed by atoms with Crippen molar-refractivity contribution in [1.29, 1.82) is 0 Å². The number of alkyl halides is 1. The Labute approximate surface area is 95.0 Å². The number of hydrogen-bond donors (Lipinski definition) is 6. The van der Waals surface area contributed by atoms with Gasteiger partial charge in [0.05, 0.1) is 6.61 Å². The van der Waals surface area contributed by atoms with E-state index in [1.54, 1.807) is 0 Å². The van der Waals surface area contributed by atoms with Gasteiger partial charge in [0.2, 0.25) is 11.5 Å². The standard InChI is InChI=1S/C8H14FNO7/c9-1-4(12)8(16)7(10,15)6(14)5(13)3(2-11)17-8/h3,5-6,11,13-16H,1-2,10H2/t3-,5-,6+,7-,8-/m1/s1. The van der Waals surface area contributed by atoms with Gasteiger partial charge in [-0.15, -0.1) is 0 Å². The highest BCUT2D eigenvalue weighted by Gasteiger charge is 2.65. The smallest absolute Gasteiger partial charge is 0.276 e. The molecule has 0 aliphatic carbocycles. The number of halogens is 1. The highest BCUT2D eigenvalue weighted by molar-refractivity contribution is 5.88. The van der Waals surface area contributed by atoms with E-state index < -0.39 is 48.9 Å². The van der Waals surface area contributed by atoms with Crippen LogP contribution in [0.5, 0.6) is 0 Å². The van der Waals surface area contributed by atoms with Gasteiger partial charge in [-0.1, -0.05) is 0 Å². The quantitative estimate of drug-likeness (QED) is 0.279. The van der Waals surface area contributed by atoms with Gasteiger partial charge < -0.3 is 30.3 Å². The number of ether oxygens (including phenoxy) is 1. The van der Waals surface area contributed by atoms with Crippen molar-refractivity contribution < 1.29 is 39.5 Å². The Morgan fingerprint density at radius 2 is 1.94 bits per heavy atom. The third-order valence-electron chi connectivity index (χ3n) is 2.70. The van der Waals surface area contributed by atoms with Crippen LogP contribution in [-0.4, -0.2) is 74.4 Å². The molecule has 8 nitrogen and oxygen atoms in total. The minimum Gasteiger partial charge on any atom is -0.394 e. The van der Waals surface area contributed by atoms with Crippen LogP contribution in [0.25, 0.3) is 0 Å². The van der Waals surface area contributed by atoms with Gasteiger partial charge in [0.1, 0.15) is 18.3 Å². The zero-order chi connectivity index (χ0) is 13.4. The SMILES string of the molecule is N[C@@]1(O)[C@@H](O)[C@H](O)[C@@H](CO)O[C@]1(O)C(=O)CF. The summed E-state index contributed by atoms with van der Waals surface area (Å²) in [6, 6.07) is 0. The Bertz CT molecular complexity index is 312. The van der Waals surface area contributed by atoms with Crippen molar-refractivity contribution in [2.24, 2.45) is 5.73 Å².